The molecule has 2 heterocycles. The number of hydrogen-bond donors (Lipinski definition) is 1. The third kappa shape index (κ3) is 3.62. The molecule has 2 amide bonds. The van der Waals surface area contributed by atoms with E-state index in [1.165, 1.54) is 7.11 Å². The average molecular weight is 351 g/mol. The summed E-state index contributed by atoms with van der Waals surface area (Å²) in [5, 5.41) is 6.11. The van der Waals surface area contributed by atoms with Crippen LogP contribution in [0.25, 0.3) is 0 Å². The number of thiazole rings is 1. The highest BCUT2D eigenvalue weighted by Gasteiger charge is 2.47. The molecule has 2 aliphatic rings. The smallest absolute Gasteiger partial charge is 0.246 e. The highest BCUT2D eigenvalue weighted by Crippen LogP contribution is 2.43. The van der Waals surface area contributed by atoms with Gasteiger partial charge in [-0.25, -0.2) is 4.98 Å². The molecule has 7 heteroatoms. The molecule has 0 atom stereocenters. The van der Waals surface area contributed by atoms with Crippen LogP contribution >= 0.6 is 11.3 Å². The van der Waals surface area contributed by atoms with Crippen molar-refractivity contribution in [2.75, 3.05) is 13.7 Å². The van der Waals surface area contributed by atoms with E-state index >= 15 is 0 Å². The van der Waals surface area contributed by atoms with Crippen molar-refractivity contribution in [3.05, 3.63) is 16.1 Å². The first-order valence-electron chi connectivity index (χ1n) is 8.52. The number of carbonyl (C=O) groups is 2. The van der Waals surface area contributed by atoms with Crippen LogP contribution in [0.4, 0.5) is 0 Å². The Labute approximate surface area is 146 Å². The van der Waals surface area contributed by atoms with Crippen LogP contribution in [-0.2, 0) is 20.9 Å². The Morgan fingerprint density at radius 1 is 1.46 bits per heavy atom. The van der Waals surface area contributed by atoms with E-state index in [4.69, 9.17) is 4.74 Å². The normalized spacial score (nSPS) is 27.0. The number of aryl methyl sites for hydroxylation is 1. The molecule has 0 radical (unpaired) electrons. The van der Waals surface area contributed by atoms with Crippen molar-refractivity contribution in [3.63, 3.8) is 0 Å². The van der Waals surface area contributed by atoms with Crippen LogP contribution in [-0.4, -0.2) is 47.0 Å². The largest absolute Gasteiger partial charge is 0.375 e. The highest BCUT2D eigenvalue weighted by atomic mass is 32.1. The summed E-state index contributed by atoms with van der Waals surface area (Å²) >= 11 is 1.63. The Balaban J connectivity index is 1.62. The van der Waals surface area contributed by atoms with E-state index < -0.39 is 0 Å². The average Bonchev–Trinajstić information content (AvgIpc) is 3.09. The minimum absolute atomic E-state index is 0.0446. The van der Waals surface area contributed by atoms with E-state index in [-0.39, 0.29) is 30.0 Å². The summed E-state index contributed by atoms with van der Waals surface area (Å²) < 4.78 is 4.87. The van der Waals surface area contributed by atoms with Gasteiger partial charge in [-0.2, -0.15) is 0 Å². The summed E-state index contributed by atoms with van der Waals surface area (Å²) in [4.78, 5) is 30.7. The van der Waals surface area contributed by atoms with E-state index in [1.807, 2.05) is 12.3 Å². The second kappa shape index (κ2) is 7.19. The Morgan fingerprint density at radius 2 is 2.21 bits per heavy atom. The molecule has 24 heavy (non-hydrogen) atoms. The lowest BCUT2D eigenvalue weighted by molar-refractivity contribution is -0.133. The Morgan fingerprint density at radius 3 is 2.83 bits per heavy atom. The molecular formula is C17H25N3O3S. The van der Waals surface area contributed by atoms with Crippen molar-refractivity contribution in [2.45, 2.75) is 63.6 Å². The maximum atomic E-state index is 12.4. The van der Waals surface area contributed by atoms with Gasteiger partial charge in [-0.3, -0.25) is 9.59 Å². The van der Waals surface area contributed by atoms with Crippen LogP contribution in [0.3, 0.4) is 0 Å². The summed E-state index contributed by atoms with van der Waals surface area (Å²) in [7, 11) is 1.53. The van der Waals surface area contributed by atoms with Crippen molar-refractivity contribution >= 4 is 23.2 Å². The van der Waals surface area contributed by atoms with Gasteiger partial charge in [0.1, 0.15) is 6.61 Å². The molecule has 2 fully saturated rings. The predicted octanol–water partition coefficient (Wildman–Crippen LogP) is 2.02. The molecule has 1 aliphatic carbocycles. The number of hydrogen-bond acceptors (Lipinski definition) is 5. The second-order valence-corrected chi connectivity index (χ2v) is 7.90. The molecule has 1 N–H and O–H groups in total. The van der Waals surface area contributed by atoms with Crippen molar-refractivity contribution in [1.29, 1.82) is 0 Å². The molecule has 1 aromatic heterocycles. The van der Waals surface area contributed by atoms with Crippen LogP contribution in [0.5, 0.6) is 0 Å². The molecular weight excluding hydrogens is 326 g/mol. The molecule has 132 valence electrons. The molecule has 1 saturated carbocycles. The first-order valence-corrected chi connectivity index (χ1v) is 9.40. The fourth-order valence-electron chi connectivity index (χ4n) is 3.99. The van der Waals surface area contributed by atoms with Gasteiger partial charge in [0.05, 0.1) is 17.2 Å². The van der Waals surface area contributed by atoms with Gasteiger partial charge in [0.2, 0.25) is 11.8 Å². The fourth-order valence-corrected chi connectivity index (χ4v) is 4.60. The molecule has 0 unspecified atom stereocenters. The van der Waals surface area contributed by atoms with Crippen LogP contribution in [0, 0.1) is 6.92 Å². The number of aromatic nitrogens is 1. The summed E-state index contributed by atoms with van der Waals surface area (Å²) in [6.45, 7) is 2.71. The summed E-state index contributed by atoms with van der Waals surface area (Å²) in [6, 6.07) is 0.192. The molecule has 6 nitrogen and oxygen atoms in total. The van der Waals surface area contributed by atoms with E-state index in [9.17, 15) is 9.59 Å². The van der Waals surface area contributed by atoms with Gasteiger partial charge in [-0.05, 0) is 39.0 Å². The molecule has 0 aromatic carbocycles. The predicted molar refractivity (Wildman–Crippen MR) is 91.6 cm³/mol. The maximum absolute atomic E-state index is 12.4. The van der Waals surface area contributed by atoms with E-state index in [1.54, 1.807) is 11.3 Å². The van der Waals surface area contributed by atoms with Crippen LogP contribution in [0.1, 0.15) is 49.2 Å². The topological polar surface area (TPSA) is 71.5 Å². The lowest BCUT2D eigenvalue weighted by Crippen LogP contribution is -2.51. The number of rotatable bonds is 5. The maximum Gasteiger partial charge on any atom is 0.246 e. The summed E-state index contributed by atoms with van der Waals surface area (Å²) in [6.07, 6.45) is 5.27. The third-order valence-corrected chi connectivity index (χ3v) is 6.04. The van der Waals surface area contributed by atoms with Crippen molar-refractivity contribution < 1.29 is 14.3 Å². The quantitative estimate of drug-likeness (QED) is 0.881. The number of amides is 2. The Hall–Kier alpha value is -1.47. The molecule has 1 saturated heterocycles. The van der Waals surface area contributed by atoms with Crippen LogP contribution < -0.4 is 5.32 Å². The Kier molecular flexibility index (Phi) is 5.20. The lowest BCUT2D eigenvalue weighted by atomic mass is 9.77. The van der Waals surface area contributed by atoms with E-state index in [0.717, 1.165) is 42.8 Å². The van der Waals surface area contributed by atoms with Crippen molar-refractivity contribution in [3.8, 4) is 0 Å². The molecule has 1 spiro atoms. The zero-order valence-corrected chi connectivity index (χ0v) is 15.2. The Bertz CT molecular complexity index is 608. The van der Waals surface area contributed by atoms with E-state index in [0.29, 0.717) is 13.0 Å². The van der Waals surface area contributed by atoms with Crippen molar-refractivity contribution in [1.82, 2.24) is 15.2 Å². The number of methoxy groups -OCH3 is 1. The molecule has 1 aliphatic heterocycles. The molecule has 3 rings (SSSR count). The molecule has 1 aromatic rings. The van der Waals surface area contributed by atoms with Gasteiger partial charge in [-0.1, -0.05) is 0 Å². The zero-order chi connectivity index (χ0) is 17.2. The van der Waals surface area contributed by atoms with Gasteiger partial charge in [0.25, 0.3) is 0 Å². The number of nitrogens with zero attached hydrogens (tertiary/aromatic N) is 2. The van der Waals surface area contributed by atoms with Crippen LogP contribution in [0.2, 0.25) is 0 Å². The first kappa shape index (κ1) is 17.4. The standard InChI is InChI=1S/C17H25N3O3S/c1-12-18-14(11-24-12)9-20-16(22)5-8-17(20)6-3-13(4-7-17)19-15(21)10-23-2/h11,13H,3-10H2,1-2H3,(H,19,21). The number of nitrogens with one attached hydrogen (secondary N) is 1. The number of ether oxygens (including phenoxy) is 1. The summed E-state index contributed by atoms with van der Waals surface area (Å²) in [5.41, 5.74) is 0.944. The van der Waals surface area contributed by atoms with Gasteiger partial charge >= 0.3 is 0 Å². The second-order valence-electron chi connectivity index (χ2n) is 6.84. The first-order chi connectivity index (χ1) is 11.5. The van der Waals surface area contributed by atoms with Crippen LogP contribution in [0.15, 0.2) is 5.38 Å². The van der Waals surface area contributed by atoms with Gasteiger partial charge in [-0.15, -0.1) is 11.3 Å². The highest BCUT2D eigenvalue weighted by molar-refractivity contribution is 7.09. The monoisotopic (exact) mass is 351 g/mol. The van der Waals surface area contributed by atoms with Crippen molar-refractivity contribution in [2.24, 2.45) is 0 Å². The van der Waals surface area contributed by atoms with Gasteiger partial charge < -0.3 is 15.0 Å². The van der Waals surface area contributed by atoms with Gasteiger partial charge in [0.15, 0.2) is 0 Å². The SMILES string of the molecule is COCC(=O)NC1CCC2(CCC(=O)N2Cc2csc(C)n2)CC1. The fraction of sp³-hybridized carbons (Fsp3) is 0.706. The third-order valence-electron chi connectivity index (χ3n) is 5.22. The van der Waals surface area contributed by atoms with E-state index in [2.05, 4.69) is 15.2 Å². The number of likely N-dealkylation sites (tertiary alicyclic amines) is 1. The number of carbonyl (C=O) groups excluding carboxylic acids is 2. The van der Waals surface area contributed by atoms with Gasteiger partial charge in [0, 0.05) is 30.5 Å². The minimum atomic E-state index is -0.0595. The summed E-state index contributed by atoms with van der Waals surface area (Å²) in [5.74, 6) is 0.179. The molecule has 0 bridgehead atoms. The minimum Gasteiger partial charge on any atom is -0.375 e. The zero-order valence-electron chi connectivity index (χ0n) is 14.3. The lowest BCUT2D eigenvalue weighted by Gasteiger charge is -2.43.